The first-order valence-corrected chi connectivity index (χ1v) is 9.70. The Balaban J connectivity index is 1.49. The van der Waals surface area contributed by atoms with Crippen molar-refractivity contribution < 1.29 is 14.4 Å². The summed E-state index contributed by atoms with van der Waals surface area (Å²) in [5.41, 5.74) is 0.482. The van der Waals surface area contributed by atoms with E-state index in [9.17, 15) is 14.4 Å². The number of Topliss-reactive ketones (excluding diaryl/α,β-unsaturated/α-hetero) is 1. The first kappa shape index (κ1) is 18.6. The van der Waals surface area contributed by atoms with Gasteiger partial charge in [0.15, 0.2) is 5.78 Å². The normalized spacial score (nSPS) is 14.3. The van der Waals surface area contributed by atoms with Crippen LogP contribution in [0.1, 0.15) is 32.9 Å². The number of thiophene rings is 1. The first-order chi connectivity index (χ1) is 12.6. The quantitative estimate of drug-likeness (QED) is 0.735. The Hall–Kier alpha value is -2.18. The molecule has 1 aliphatic heterocycles. The Kier molecular flexibility index (Phi) is 6.06. The van der Waals surface area contributed by atoms with Gasteiger partial charge in [0.2, 0.25) is 5.91 Å². The molecule has 2 amide bonds. The summed E-state index contributed by atoms with van der Waals surface area (Å²) in [6, 6.07) is 10.6. The van der Waals surface area contributed by atoms with Crippen LogP contribution in [0.15, 0.2) is 41.8 Å². The van der Waals surface area contributed by atoms with E-state index < -0.39 is 0 Å². The van der Waals surface area contributed by atoms with Gasteiger partial charge in [0.1, 0.15) is 0 Å². The largest absolute Gasteiger partial charge is 0.339 e. The fourth-order valence-electron chi connectivity index (χ4n) is 2.90. The van der Waals surface area contributed by atoms with Gasteiger partial charge in [-0.15, -0.1) is 11.3 Å². The van der Waals surface area contributed by atoms with Crippen molar-refractivity contribution in [1.82, 2.24) is 9.80 Å². The zero-order valence-electron chi connectivity index (χ0n) is 14.2. The predicted molar refractivity (Wildman–Crippen MR) is 102 cm³/mol. The van der Waals surface area contributed by atoms with Crippen LogP contribution in [0.2, 0.25) is 5.02 Å². The lowest BCUT2D eigenvalue weighted by Crippen LogP contribution is -2.50. The average molecular weight is 391 g/mol. The summed E-state index contributed by atoms with van der Waals surface area (Å²) in [5, 5.41) is 2.28. The van der Waals surface area contributed by atoms with Crippen molar-refractivity contribution in [3.05, 3.63) is 57.2 Å². The lowest BCUT2D eigenvalue weighted by atomic mass is 10.1. The number of carbonyl (C=O) groups is 3. The van der Waals surface area contributed by atoms with E-state index >= 15 is 0 Å². The summed E-state index contributed by atoms with van der Waals surface area (Å²) in [4.78, 5) is 41.0. The molecule has 7 heteroatoms. The molecule has 0 N–H and O–H groups in total. The zero-order valence-corrected chi connectivity index (χ0v) is 15.8. The molecular weight excluding hydrogens is 372 g/mol. The molecule has 5 nitrogen and oxygen atoms in total. The number of hydrogen-bond donors (Lipinski definition) is 0. The van der Waals surface area contributed by atoms with Crippen molar-refractivity contribution in [2.45, 2.75) is 12.8 Å². The molecule has 26 heavy (non-hydrogen) atoms. The Morgan fingerprint density at radius 3 is 2.27 bits per heavy atom. The third kappa shape index (κ3) is 4.31. The van der Waals surface area contributed by atoms with E-state index in [1.54, 1.807) is 40.1 Å². The highest BCUT2D eigenvalue weighted by molar-refractivity contribution is 7.12. The molecule has 2 aromatic rings. The number of benzene rings is 1. The number of ketones is 1. The van der Waals surface area contributed by atoms with Crippen LogP contribution in [0.25, 0.3) is 0 Å². The fraction of sp³-hybridized carbons (Fsp3) is 0.316. The molecule has 0 unspecified atom stereocenters. The average Bonchev–Trinajstić information content (AvgIpc) is 3.21. The minimum atomic E-state index is -0.115. The van der Waals surface area contributed by atoms with Crippen LogP contribution < -0.4 is 0 Å². The fourth-order valence-corrected chi connectivity index (χ4v) is 3.81. The molecule has 0 atom stereocenters. The van der Waals surface area contributed by atoms with Crippen molar-refractivity contribution >= 4 is 40.5 Å². The minimum absolute atomic E-state index is 0.000818. The molecule has 2 heterocycles. The van der Waals surface area contributed by atoms with Crippen LogP contribution in [0.4, 0.5) is 0 Å². The number of amides is 2. The molecule has 1 aromatic carbocycles. The number of halogens is 1. The second-order valence-electron chi connectivity index (χ2n) is 6.05. The van der Waals surface area contributed by atoms with Gasteiger partial charge in [-0.1, -0.05) is 29.8 Å². The van der Waals surface area contributed by atoms with E-state index in [0.29, 0.717) is 41.6 Å². The second kappa shape index (κ2) is 8.47. The van der Waals surface area contributed by atoms with Gasteiger partial charge in [0.25, 0.3) is 5.91 Å². The molecule has 136 valence electrons. The molecule has 0 spiro atoms. The van der Waals surface area contributed by atoms with Gasteiger partial charge in [-0.05, 0) is 23.6 Å². The molecule has 3 rings (SSSR count). The van der Waals surface area contributed by atoms with Gasteiger partial charge < -0.3 is 9.80 Å². The van der Waals surface area contributed by atoms with E-state index in [4.69, 9.17) is 11.6 Å². The van der Waals surface area contributed by atoms with Crippen LogP contribution in [-0.4, -0.2) is 53.6 Å². The second-order valence-corrected chi connectivity index (χ2v) is 7.41. The van der Waals surface area contributed by atoms with Gasteiger partial charge >= 0.3 is 0 Å². The summed E-state index contributed by atoms with van der Waals surface area (Å²) in [6.07, 6.45) is 0.424. The van der Waals surface area contributed by atoms with E-state index in [1.807, 2.05) is 11.4 Å². The molecule has 0 radical (unpaired) electrons. The molecule has 0 saturated carbocycles. The van der Waals surface area contributed by atoms with Crippen molar-refractivity contribution in [3.8, 4) is 0 Å². The monoisotopic (exact) mass is 390 g/mol. The van der Waals surface area contributed by atoms with Crippen LogP contribution in [0.5, 0.6) is 0 Å². The smallest absolute Gasteiger partial charge is 0.255 e. The highest BCUT2D eigenvalue weighted by Gasteiger charge is 2.26. The van der Waals surface area contributed by atoms with Gasteiger partial charge in [-0.25, -0.2) is 0 Å². The molecule has 1 saturated heterocycles. The maximum Gasteiger partial charge on any atom is 0.255 e. The summed E-state index contributed by atoms with van der Waals surface area (Å²) in [6.45, 7) is 1.88. The third-order valence-corrected chi connectivity index (χ3v) is 5.63. The topological polar surface area (TPSA) is 57.7 Å². The molecule has 0 aliphatic carbocycles. The van der Waals surface area contributed by atoms with E-state index in [1.165, 1.54) is 11.3 Å². The van der Waals surface area contributed by atoms with E-state index in [2.05, 4.69) is 0 Å². The highest BCUT2D eigenvalue weighted by atomic mass is 35.5. The summed E-state index contributed by atoms with van der Waals surface area (Å²) in [7, 11) is 0. The van der Waals surface area contributed by atoms with Crippen molar-refractivity contribution in [3.63, 3.8) is 0 Å². The number of piperazine rings is 1. The number of carbonyl (C=O) groups excluding carboxylic acids is 3. The molecular formula is C19H19ClN2O3S. The zero-order chi connectivity index (χ0) is 18.5. The first-order valence-electron chi connectivity index (χ1n) is 8.44. The Labute approximate surface area is 161 Å². The standard InChI is InChI=1S/C19H19ClN2O3S/c20-15-5-2-1-4-14(15)19(25)22-11-9-21(10-12-22)18(24)8-7-16(23)17-6-3-13-26-17/h1-6,13H,7-12H2. The lowest BCUT2D eigenvalue weighted by Gasteiger charge is -2.35. The highest BCUT2D eigenvalue weighted by Crippen LogP contribution is 2.18. The van der Waals surface area contributed by atoms with Crippen molar-refractivity contribution in [2.24, 2.45) is 0 Å². The predicted octanol–water partition coefficient (Wildman–Crippen LogP) is 3.35. The number of nitrogens with zero attached hydrogens (tertiary/aromatic N) is 2. The van der Waals surface area contributed by atoms with E-state index in [0.717, 1.165) is 0 Å². The number of hydrogen-bond acceptors (Lipinski definition) is 4. The van der Waals surface area contributed by atoms with Gasteiger partial charge in [-0.3, -0.25) is 14.4 Å². The third-order valence-electron chi connectivity index (χ3n) is 4.39. The Morgan fingerprint density at radius 2 is 1.62 bits per heavy atom. The Bertz CT molecular complexity index is 799. The molecule has 0 bridgehead atoms. The maximum absolute atomic E-state index is 12.5. The lowest BCUT2D eigenvalue weighted by molar-refractivity contribution is -0.132. The summed E-state index contributed by atoms with van der Waals surface area (Å²) in [5.74, 6) is -0.156. The van der Waals surface area contributed by atoms with Crippen molar-refractivity contribution in [1.29, 1.82) is 0 Å². The summed E-state index contributed by atoms with van der Waals surface area (Å²) < 4.78 is 0. The van der Waals surface area contributed by atoms with E-state index in [-0.39, 0.29) is 30.4 Å². The summed E-state index contributed by atoms with van der Waals surface area (Å²) >= 11 is 7.48. The number of rotatable bonds is 5. The van der Waals surface area contributed by atoms with Crippen LogP contribution >= 0.6 is 22.9 Å². The van der Waals surface area contributed by atoms with Crippen LogP contribution in [0.3, 0.4) is 0 Å². The van der Waals surface area contributed by atoms with Gasteiger partial charge in [0.05, 0.1) is 15.5 Å². The maximum atomic E-state index is 12.5. The van der Waals surface area contributed by atoms with Crippen LogP contribution in [0, 0.1) is 0 Å². The molecule has 1 fully saturated rings. The SMILES string of the molecule is O=C(CCC(=O)N1CCN(C(=O)c2ccccc2Cl)CC1)c1cccs1. The van der Waals surface area contributed by atoms with Gasteiger partial charge in [-0.2, -0.15) is 0 Å². The molecule has 1 aliphatic rings. The van der Waals surface area contributed by atoms with Gasteiger partial charge in [0, 0.05) is 39.0 Å². The molecule has 1 aromatic heterocycles. The Morgan fingerprint density at radius 1 is 0.923 bits per heavy atom. The minimum Gasteiger partial charge on any atom is -0.339 e. The van der Waals surface area contributed by atoms with Crippen molar-refractivity contribution in [2.75, 3.05) is 26.2 Å². The van der Waals surface area contributed by atoms with Crippen LogP contribution in [-0.2, 0) is 4.79 Å².